The molecule has 2 rings (SSSR count). The molecule has 0 atom stereocenters. The highest BCUT2D eigenvalue weighted by Crippen LogP contribution is 2.18. The van der Waals surface area contributed by atoms with Gasteiger partial charge in [0.15, 0.2) is 0 Å². The van der Waals surface area contributed by atoms with Crippen LogP contribution < -0.4 is 16.0 Å². The van der Waals surface area contributed by atoms with Gasteiger partial charge in [-0.15, -0.1) is 0 Å². The van der Waals surface area contributed by atoms with E-state index in [4.69, 9.17) is 0 Å². The lowest BCUT2D eigenvalue weighted by Gasteiger charge is -2.08. The topological polar surface area (TPSA) is 83.1 Å². The minimum atomic E-state index is -0.214. The van der Waals surface area contributed by atoms with Crippen LogP contribution in [0.4, 0.5) is 5.69 Å². The zero-order valence-corrected chi connectivity index (χ0v) is 10.9. The molecule has 0 radical (unpaired) electrons. The van der Waals surface area contributed by atoms with Crippen molar-refractivity contribution in [3.8, 4) is 0 Å². The first-order valence-corrected chi connectivity index (χ1v) is 6.46. The van der Waals surface area contributed by atoms with Crippen LogP contribution in [0.15, 0.2) is 18.3 Å². The fraction of sp³-hybridized carbons (Fsp3) is 0.462. The quantitative estimate of drug-likeness (QED) is 0.698. The summed E-state index contributed by atoms with van der Waals surface area (Å²) in [6.07, 6.45) is 3.69. The number of aromatic nitrogens is 1. The highest BCUT2D eigenvalue weighted by Gasteiger charge is 2.22. The fourth-order valence-electron chi connectivity index (χ4n) is 1.60. The number of pyridine rings is 1. The lowest BCUT2D eigenvalue weighted by Crippen LogP contribution is -2.31. The molecule has 1 heterocycles. The van der Waals surface area contributed by atoms with Crippen LogP contribution in [0, 0.1) is 0 Å². The lowest BCUT2D eigenvalue weighted by atomic mass is 10.3. The first-order valence-electron chi connectivity index (χ1n) is 6.46. The largest absolute Gasteiger partial charge is 0.376 e. The summed E-state index contributed by atoms with van der Waals surface area (Å²) in [4.78, 5) is 27.1. The zero-order valence-electron chi connectivity index (χ0n) is 10.9. The van der Waals surface area contributed by atoms with Crippen molar-refractivity contribution in [1.82, 2.24) is 15.6 Å². The van der Waals surface area contributed by atoms with Crippen molar-refractivity contribution in [2.75, 3.05) is 18.4 Å². The highest BCUT2D eigenvalue weighted by molar-refractivity contribution is 5.93. The van der Waals surface area contributed by atoms with Crippen molar-refractivity contribution in [1.29, 1.82) is 0 Å². The van der Waals surface area contributed by atoms with E-state index >= 15 is 0 Å². The summed E-state index contributed by atoms with van der Waals surface area (Å²) in [7, 11) is 0. The van der Waals surface area contributed by atoms with Gasteiger partial charge >= 0.3 is 0 Å². The maximum atomic E-state index is 11.6. The van der Waals surface area contributed by atoms with Gasteiger partial charge in [0.2, 0.25) is 5.91 Å². The highest BCUT2D eigenvalue weighted by atomic mass is 16.2. The van der Waals surface area contributed by atoms with Gasteiger partial charge in [-0.05, 0) is 31.9 Å². The van der Waals surface area contributed by atoms with Crippen LogP contribution in [-0.4, -0.2) is 35.9 Å². The monoisotopic (exact) mass is 262 g/mol. The predicted octanol–water partition coefficient (Wildman–Crippen LogP) is 0.522. The summed E-state index contributed by atoms with van der Waals surface area (Å²) in [6.45, 7) is 2.61. The van der Waals surface area contributed by atoms with E-state index in [-0.39, 0.29) is 18.4 Å². The maximum absolute atomic E-state index is 11.6. The molecule has 1 aliphatic rings. The Bertz CT molecular complexity index is 471. The molecule has 1 aromatic heterocycles. The van der Waals surface area contributed by atoms with Gasteiger partial charge in [-0.3, -0.25) is 14.6 Å². The molecule has 2 amide bonds. The number of hydrogen-bond acceptors (Lipinski definition) is 4. The molecule has 0 bridgehead atoms. The van der Waals surface area contributed by atoms with Crippen molar-refractivity contribution in [3.05, 3.63) is 24.0 Å². The molecular formula is C13H18N4O2. The van der Waals surface area contributed by atoms with Crippen LogP contribution in [-0.2, 0) is 4.79 Å². The molecule has 0 aliphatic heterocycles. The van der Waals surface area contributed by atoms with E-state index in [9.17, 15) is 9.59 Å². The number of carbonyl (C=O) groups excluding carboxylic acids is 2. The van der Waals surface area contributed by atoms with E-state index in [1.165, 1.54) is 0 Å². The Kier molecular flexibility index (Phi) is 4.33. The predicted molar refractivity (Wildman–Crippen MR) is 71.9 cm³/mol. The van der Waals surface area contributed by atoms with E-state index in [1.807, 2.05) is 6.92 Å². The Balaban J connectivity index is 1.87. The van der Waals surface area contributed by atoms with Crippen LogP contribution in [0.2, 0.25) is 0 Å². The standard InChI is InChI=1S/C13H18N4O2/c1-2-14-13(19)11-7-10(5-6-15-11)16-8-12(18)17-9-3-4-9/h5-7,9H,2-4,8H2,1H3,(H,14,19)(H,15,16)(H,17,18). The summed E-state index contributed by atoms with van der Waals surface area (Å²) < 4.78 is 0. The Hall–Kier alpha value is -2.11. The molecule has 1 aromatic rings. The van der Waals surface area contributed by atoms with Crippen molar-refractivity contribution < 1.29 is 9.59 Å². The van der Waals surface area contributed by atoms with E-state index in [2.05, 4.69) is 20.9 Å². The summed E-state index contributed by atoms with van der Waals surface area (Å²) in [5.41, 5.74) is 1.05. The summed E-state index contributed by atoms with van der Waals surface area (Å²) in [6, 6.07) is 3.72. The zero-order chi connectivity index (χ0) is 13.7. The molecule has 0 aromatic carbocycles. The molecule has 0 saturated heterocycles. The van der Waals surface area contributed by atoms with Crippen molar-refractivity contribution >= 4 is 17.5 Å². The Morgan fingerprint density at radius 3 is 2.89 bits per heavy atom. The first kappa shape index (κ1) is 13.3. The minimum absolute atomic E-state index is 0.0288. The van der Waals surface area contributed by atoms with Gasteiger partial charge in [-0.2, -0.15) is 0 Å². The molecule has 6 heteroatoms. The third-order valence-corrected chi connectivity index (χ3v) is 2.73. The molecule has 1 fully saturated rings. The van der Waals surface area contributed by atoms with Crippen LogP contribution in [0.5, 0.6) is 0 Å². The molecule has 3 N–H and O–H groups in total. The molecule has 0 unspecified atom stereocenters. The van der Waals surface area contributed by atoms with Crippen LogP contribution in [0.25, 0.3) is 0 Å². The van der Waals surface area contributed by atoms with Gasteiger partial charge in [-0.1, -0.05) is 0 Å². The Labute approximate surface area is 112 Å². The number of rotatable bonds is 6. The van der Waals surface area contributed by atoms with E-state index in [0.29, 0.717) is 24.0 Å². The number of anilines is 1. The van der Waals surface area contributed by atoms with E-state index in [1.54, 1.807) is 18.3 Å². The molecular weight excluding hydrogens is 244 g/mol. The van der Waals surface area contributed by atoms with Gasteiger partial charge in [0.05, 0.1) is 6.54 Å². The van der Waals surface area contributed by atoms with Gasteiger partial charge in [0.1, 0.15) is 5.69 Å². The van der Waals surface area contributed by atoms with Crippen molar-refractivity contribution in [2.24, 2.45) is 0 Å². The third-order valence-electron chi connectivity index (χ3n) is 2.73. The summed E-state index contributed by atoms with van der Waals surface area (Å²) in [5, 5.41) is 8.55. The summed E-state index contributed by atoms with van der Waals surface area (Å²) in [5.74, 6) is -0.243. The molecule has 102 valence electrons. The van der Waals surface area contributed by atoms with E-state index < -0.39 is 0 Å². The fourth-order valence-corrected chi connectivity index (χ4v) is 1.60. The Morgan fingerprint density at radius 1 is 1.42 bits per heavy atom. The first-order chi connectivity index (χ1) is 9.19. The molecule has 1 aliphatic carbocycles. The third kappa shape index (κ3) is 4.24. The average molecular weight is 262 g/mol. The number of hydrogen-bond donors (Lipinski definition) is 3. The number of nitrogens with zero attached hydrogens (tertiary/aromatic N) is 1. The van der Waals surface area contributed by atoms with Gasteiger partial charge in [0.25, 0.3) is 5.91 Å². The number of nitrogens with one attached hydrogen (secondary N) is 3. The molecule has 1 saturated carbocycles. The lowest BCUT2D eigenvalue weighted by molar-refractivity contribution is -0.119. The molecule has 19 heavy (non-hydrogen) atoms. The molecule has 0 spiro atoms. The Morgan fingerprint density at radius 2 is 2.21 bits per heavy atom. The van der Waals surface area contributed by atoms with Crippen LogP contribution in [0.3, 0.4) is 0 Å². The van der Waals surface area contributed by atoms with E-state index in [0.717, 1.165) is 12.8 Å². The second-order valence-electron chi connectivity index (χ2n) is 4.48. The van der Waals surface area contributed by atoms with Crippen LogP contribution in [0.1, 0.15) is 30.3 Å². The van der Waals surface area contributed by atoms with Gasteiger partial charge < -0.3 is 16.0 Å². The second-order valence-corrected chi connectivity index (χ2v) is 4.48. The number of carbonyl (C=O) groups is 2. The van der Waals surface area contributed by atoms with Gasteiger partial charge in [-0.25, -0.2) is 0 Å². The smallest absolute Gasteiger partial charge is 0.269 e. The minimum Gasteiger partial charge on any atom is -0.376 e. The van der Waals surface area contributed by atoms with Crippen molar-refractivity contribution in [2.45, 2.75) is 25.8 Å². The second kappa shape index (κ2) is 6.17. The maximum Gasteiger partial charge on any atom is 0.269 e. The van der Waals surface area contributed by atoms with Gasteiger partial charge in [0, 0.05) is 24.5 Å². The number of amides is 2. The van der Waals surface area contributed by atoms with Crippen LogP contribution >= 0.6 is 0 Å². The SMILES string of the molecule is CCNC(=O)c1cc(NCC(=O)NC2CC2)ccn1. The summed E-state index contributed by atoms with van der Waals surface area (Å²) >= 11 is 0. The average Bonchev–Trinajstić information content (AvgIpc) is 3.21. The normalized spacial score (nSPS) is 13.7. The van der Waals surface area contributed by atoms with Crippen molar-refractivity contribution in [3.63, 3.8) is 0 Å². The molecule has 6 nitrogen and oxygen atoms in total.